The van der Waals surface area contributed by atoms with Gasteiger partial charge >= 0.3 is 5.92 Å². The van der Waals surface area contributed by atoms with Gasteiger partial charge in [0.25, 0.3) is 5.91 Å². The Morgan fingerprint density at radius 3 is 2.62 bits per heavy atom. The summed E-state index contributed by atoms with van der Waals surface area (Å²) in [6.07, 6.45) is 4.27. The molecule has 0 bridgehead atoms. The van der Waals surface area contributed by atoms with Crippen molar-refractivity contribution in [3.63, 3.8) is 0 Å². The maximum atomic E-state index is 14.6. The van der Waals surface area contributed by atoms with Gasteiger partial charge in [0.1, 0.15) is 10.8 Å². The maximum absolute atomic E-state index is 14.6. The molecule has 29 heavy (non-hydrogen) atoms. The minimum absolute atomic E-state index is 0.0809. The molecule has 1 amide bonds. The lowest BCUT2D eigenvalue weighted by Gasteiger charge is -2.21. The highest BCUT2D eigenvalue weighted by molar-refractivity contribution is 6.76. The average molecular weight is 443 g/mol. The second kappa shape index (κ2) is 8.12. The minimum Gasteiger partial charge on any atom is -0.364 e. The van der Waals surface area contributed by atoms with Crippen LogP contribution < -0.4 is 5.73 Å². The van der Waals surface area contributed by atoms with Crippen molar-refractivity contribution in [3.8, 4) is 11.1 Å². The highest BCUT2D eigenvalue weighted by atomic mass is 35.5. The lowest BCUT2D eigenvalue weighted by atomic mass is 10.0. The van der Waals surface area contributed by atoms with Crippen LogP contribution in [0.2, 0.25) is 30.8 Å². The summed E-state index contributed by atoms with van der Waals surface area (Å²) in [7, 11) is -1.30. The number of nitrogens with zero attached hydrogens (tertiary/aromatic N) is 3. The predicted octanol–water partition coefficient (Wildman–Crippen LogP) is 4.44. The molecule has 2 heterocycles. The Morgan fingerprint density at radius 1 is 1.41 bits per heavy atom. The van der Waals surface area contributed by atoms with Crippen LogP contribution in [0.15, 0.2) is 24.5 Å². The number of hydrogen-bond donors (Lipinski definition) is 1. The van der Waals surface area contributed by atoms with E-state index in [1.165, 1.54) is 23.1 Å². The number of alkyl halides is 2. The third-order valence-electron chi connectivity index (χ3n) is 4.80. The molecule has 0 spiro atoms. The number of aromatic nitrogens is 3. The second-order valence-corrected chi connectivity index (χ2v) is 14.6. The molecule has 2 aromatic rings. The fourth-order valence-corrected chi connectivity index (χ4v) is 3.75. The molecule has 1 aliphatic rings. The molecule has 0 saturated heterocycles. The smallest absolute Gasteiger partial charge is 0.364 e. The first-order valence-electron chi connectivity index (χ1n) is 9.50. The summed E-state index contributed by atoms with van der Waals surface area (Å²) >= 11 is 5.81. The standard InChI is InChI=1S/C19H25ClF2N4O2Si/c1-29(2,3)9-8-28-17(12-4-5-12)26-11-14(13-6-7-15(20)24-10-13)16(25-26)19(21,22)18(23)27/h6-7,10-12,17H,4-5,8-9H2,1-3H3,(H2,23,27). The second-order valence-electron chi connectivity index (χ2n) is 8.59. The molecule has 10 heteroatoms. The van der Waals surface area contributed by atoms with Crippen molar-refractivity contribution in [2.24, 2.45) is 11.7 Å². The Morgan fingerprint density at radius 2 is 2.10 bits per heavy atom. The van der Waals surface area contributed by atoms with Gasteiger partial charge in [0.2, 0.25) is 0 Å². The highest BCUT2D eigenvalue weighted by Crippen LogP contribution is 2.43. The molecule has 1 unspecified atom stereocenters. The Kier molecular flexibility index (Phi) is 6.12. The van der Waals surface area contributed by atoms with E-state index in [4.69, 9.17) is 22.1 Å². The number of ether oxygens (including phenoxy) is 1. The normalized spacial score (nSPS) is 16.1. The first-order valence-corrected chi connectivity index (χ1v) is 13.6. The van der Waals surface area contributed by atoms with Crippen LogP contribution in [0, 0.1) is 5.92 Å². The van der Waals surface area contributed by atoms with Gasteiger partial charge in [0, 0.05) is 44.1 Å². The summed E-state index contributed by atoms with van der Waals surface area (Å²) in [5.74, 6) is -5.47. The van der Waals surface area contributed by atoms with Crippen LogP contribution in [0.4, 0.5) is 8.78 Å². The number of amides is 1. The summed E-state index contributed by atoms with van der Waals surface area (Å²) in [6.45, 7) is 7.27. The minimum atomic E-state index is -3.92. The van der Waals surface area contributed by atoms with Crippen molar-refractivity contribution in [1.82, 2.24) is 14.8 Å². The molecule has 6 nitrogen and oxygen atoms in total. The van der Waals surface area contributed by atoms with E-state index >= 15 is 0 Å². The van der Waals surface area contributed by atoms with E-state index in [0.717, 1.165) is 18.9 Å². The molecule has 2 N–H and O–H groups in total. The number of pyridine rings is 1. The monoisotopic (exact) mass is 442 g/mol. The topological polar surface area (TPSA) is 83.0 Å². The zero-order valence-electron chi connectivity index (χ0n) is 16.7. The van der Waals surface area contributed by atoms with Crippen molar-refractivity contribution in [2.75, 3.05) is 6.61 Å². The summed E-state index contributed by atoms with van der Waals surface area (Å²) in [6, 6.07) is 3.99. The summed E-state index contributed by atoms with van der Waals surface area (Å²) in [5.41, 5.74) is 4.71. The summed E-state index contributed by atoms with van der Waals surface area (Å²) in [4.78, 5) is 15.4. The molecule has 0 aromatic carbocycles. The maximum Gasteiger partial charge on any atom is 0.368 e. The Balaban J connectivity index is 1.98. The lowest BCUT2D eigenvalue weighted by molar-refractivity contribution is -0.143. The van der Waals surface area contributed by atoms with Crippen LogP contribution in [0.3, 0.4) is 0 Å². The van der Waals surface area contributed by atoms with Crippen LogP contribution in [0.5, 0.6) is 0 Å². The predicted molar refractivity (Wildman–Crippen MR) is 109 cm³/mol. The van der Waals surface area contributed by atoms with E-state index in [0.29, 0.717) is 12.2 Å². The SMILES string of the molecule is C[Si](C)(C)CCOC(C1CC1)n1cc(-c2ccc(Cl)nc2)c(C(F)(F)C(N)=O)n1. The van der Waals surface area contributed by atoms with Crippen molar-refractivity contribution in [2.45, 2.75) is 50.7 Å². The molecule has 3 rings (SSSR count). The van der Waals surface area contributed by atoms with Crippen LogP contribution in [-0.2, 0) is 15.5 Å². The van der Waals surface area contributed by atoms with E-state index in [1.807, 2.05) is 0 Å². The number of hydrogen-bond acceptors (Lipinski definition) is 4. The number of rotatable bonds is 9. The van der Waals surface area contributed by atoms with Gasteiger partial charge in [-0.1, -0.05) is 31.2 Å². The Hall–Kier alpha value is -1.84. The summed E-state index contributed by atoms with van der Waals surface area (Å²) < 4.78 is 36.6. The van der Waals surface area contributed by atoms with E-state index in [-0.39, 0.29) is 16.6 Å². The molecule has 1 atom stereocenters. The van der Waals surface area contributed by atoms with E-state index in [9.17, 15) is 13.6 Å². The van der Waals surface area contributed by atoms with Gasteiger partial charge in [0.05, 0.1) is 0 Å². The highest BCUT2D eigenvalue weighted by Gasteiger charge is 2.45. The Bertz CT molecular complexity index is 879. The third kappa shape index (κ3) is 5.20. The molecular formula is C19H25ClF2N4O2Si. The van der Waals surface area contributed by atoms with Crippen molar-refractivity contribution in [1.29, 1.82) is 0 Å². The fourth-order valence-electron chi connectivity index (χ4n) is 2.91. The number of primary amides is 1. The number of halogens is 3. The van der Waals surface area contributed by atoms with Crippen molar-refractivity contribution >= 4 is 25.6 Å². The first kappa shape index (κ1) is 21.9. The lowest BCUT2D eigenvalue weighted by Crippen LogP contribution is -2.34. The van der Waals surface area contributed by atoms with Gasteiger partial charge in [-0.05, 0) is 31.0 Å². The average Bonchev–Trinajstić information content (AvgIpc) is 3.36. The van der Waals surface area contributed by atoms with Crippen LogP contribution >= 0.6 is 11.6 Å². The molecule has 1 saturated carbocycles. The summed E-state index contributed by atoms with van der Waals surface area (Å²) in [5, 5.41) is 4.30. The zero-order chi connectivity index (χ0) is 21.4. The van der Waals surface area contributed by atoms with Crippen LogP contribution in [0.25, 0.3) is 11.1 Å². The molecule has 1 fully saturated rings. The quantitative estimate of drug-likeness (QED) is 0.459. The Labute approximate surface area is 174 Å². The molecule has 0 aliphatic heterocycles. The number of carbonyl (C=O) groups is 1. The first-order chi connectivity index (χ1) is 13.5. The van der Waals surface area contributed by atoms with E-state index in [2.05, 4.69) is 29.7 Å². The van der Waals surface area contributed by atoms with E-state index < -0.39 is 31.8 Å². The van der Waals surface area contributed by atoms with Crippen molar-refractivity contribution in [3.05, 3.63) is 35.4 Å². The van der Waals surface area contributed by atoms with Crippen LogP contribution in [-0.4, -0.2) is 35.4 Å². The van der Waals surface area contributed by atoms with Gasteiger partial charge in [-0.3, -0.25) is 4.79 Å². The number of nitrogens with two attached hydrogens (primary N) is 1. The van der Waals surface area contributed by atoms with Gasteiger partial charge in [-0.15, -0.1) is 0 Å². The molecule has 2 aromatic heterocycles. The molecule has 1 aliphatic carbocycles. The molecule has 158 valence electrons. The van der Waals surface area contributed by atoms with Gasteiger partial charge in [0.15, 0.2) is 6.23 Å². The van der Waals surface area contributed by atoms with E-state index in [1.54, 1.807) is 6.07 Å². The van der Waals surface area contributed by atoms with Gasteiger partial charge in [-0.25, -0.2) is 9.67 Å². The van der Waals surface area contributed by atoms with Gasteiger partial charge < -0.3 is 10.5 Å². The third-order valence-corrected chi connectivity index (χ3v) is 6.73. The molecule has 0 radical (unpaired) electrons. The largest absolute Gasteiger partial charge is 0.368 e. The van der Waals surface area contributed by atoms with Crippen LogP contribution in [0.1, 0.15) is 24.8 Å². The van der Waals surface area contributed by atoms with Gasteiger partial charge in [-0.2, -0.15) is 13.9 Å². The number of carbonyl (C=O) groups excluding carboxylic acids is 1. The van der Waals surface area contributed by atoms with Crippen molar-refractivity contribution < 1.29 is 18.3 Å². The molecular weight excluding hydrogens is 418 g/mol. The zero-order valence-corrected chi connectivity index (χ0v) is 18.4. The fraction of sp³-hybridized carbons (Fsp3) is 0.526.